The Kier molecular flexibility index (Phi) is 8.45. The maximum Gasteiger partial charge on any atom is 0.416 e. The number of nitriles is 1. The molecule has 1 aromatic heterocycles. The summed E-state index contributed by atoms with van der Waals surface area (Å²) in [6.45, 7) is 4.95. The molecule has 13 heteroatoms. The van der Waals surface area contributed by atoms with Crippen molar-refractivity contribution in [1.29, 1.82) is 5.26 Å². The molecule has 1 amide bonds. The topological polar surface area (TPSA) is 74.8 Å². The van der Waals surface area contributed by atoms with Crippen molar-refractivity contribution >= 4 is 57.9 Å². The number of hydrogen-bond donors (Lipinski definition) is 0. The van der Waals surface area contributed by atoms with Gasteiger partial charge >= 0.3 is 6.18 Å². The van der Waals surface area contributed by atoms with Crippen LogP contribution in [-0.2, 0) is 12.7 Å². The van der Waals surface area contributed by atoms with Gasteiger partial charge in [0.15, 0.2) is 5.54 Å². The minimum atomic E-state index is -4.58. The number of amides is 1. The lowest BCUT2D eigenvalue weighted by Gasteiger charge is -2.46. The normalized spacial score (nSPS) is 13.4. The fourth-order valence-electron chi connectivity index (χ4n) is 4.25. The third-order valence-electron chi connectivity index (χ3n) is 6.62. The largest absolute Gasteiger partial charge is 0.416 e. The predicted octanol–water partition coefficient (Wildman–Crippen LogP) is 7.91. The van der Waals surface area contributed by atoms with Gasteiger partial charge in [-0.15, -0.1) is 0 Å². The van der Waals surface area contributed by atoms with E-state index in [0.29, 0.717) is 16.1 Å². The maximum absolute atomic E-state index is 14.2. The zero-order valence-corrected chi connectivity index (χ0v) is 24.3. The SMILES string of the molecule is CC(C)(C)C(C#N)(Cn1nc2ccc(Cl)cc2n1)N(C(=O)c1ccc(SF)cc1)C(=S)c1ccc(C(F)(F)F)cc1. The fourth-order valence-corrected chi connectivity index (χ4v) is 5.03. The van der Waals surface area contributed by atoms with Gasteiger partial charge in [0.1, 0.15) is 16.0 Å². The van der Waals surface area contributed by atoms with Gasteiger partial charge in [-0.05, 0) is 54.6 Å². The summed E-state index contributed by atoms with van der Waals surface area (Å²) in [5, 5.41) is 20.1. The van der Waals surface area contributed by atoms with Crippen molar-refractivity contribution in [2.45, 2.75) is 43.9 Å². The first-order valence-electron chi connectivity index (χ1n) is 12.1. The number of thiocarbonyl (C=S) groups is 1. The standard InChI is InChI=1S/C28H22ClF4N5OS2/c1-26(2,3)27(15-34,16-37-35-22-13-10-20(29)14-23(22)36-37)38(24(39)17-6-11-21(41-33)12-7-17)25(40)18-4-8-19(9-5-18)28(30,31)32/h4-14H,16H2,1-3H3. The lowest BCUT2D eigenvalue weighted by molar-refractivity contribution is -0.137. The first kappa shape index (κ1) is 30.4. The molecule has 4 rings (SSSR count). The molecule has 0 aliphatic heterocycles. The van der Waals surface area contributed by atoms with E-state index in [0.717, 1.165) is 29.2 Å². The minimum Gasteiger partial charge on any atom is -0.276 e. The summed E-state index contributed by atoms with van der Waals surface area (Å²) in [4.78, 5) is 16.6. The van der Waals surface area contributed by atoms with Crippen LogP contribution < -0.4 is 0 Å². The van der Waals surface area contributed by atoms with Gasteiger partial charge in [-0.3, -0.25) is 9.69 Å². The maximum atomic E-state index is 14.2. The summed E-state index contributed by atoms with van der Waals surface area (Å²) in [5.74, 6) is -0.707. The lowest BCUT2D eigenvalue weighted by atomic mass is 9.72. The Bertz CT molecular complexity index is 1640. The molecule has 0 fully saturated rings. The van der Waals surface area contributed by atoms with Gasteiger partial charge in [-0.25, -0.2) is 0 Å². The van der Waals surface area contributed by atoms with E-state index in [1.54, 1.807) is 39.0 Å². The second kappa shape index (κ2) is 11.4. The van der Waals surface area contributed by atoms with Crippen LogP contribution in [0.15, 0.2) is 71.6 Å². The number of hydrogen-bond acceptors (Lipinski definition) is 6. The molecular weight excluding hydrogens is 598 g/mol. The molecule has 0 saturated carbocycles. The smallest absolute Gasteiger partial charge is 0.276 e. The van der Waals surface area contributed by atoms with E-state index in [9.17, 15) is 27.1 Å². The van der Waals surface area contributed by atoms with Crippen molar-refractivity contribution in [3.8, 4) is 6.07 Å². The molecule has 3 aromatic carbocycles. The van der Waals surface area contributed by atoms with Gasteiger partial charge in [0.05, 0.1) is 30.3 Å². The Labute approximate surface area is 248 Å². The van der Waals surface area contributed by atoms with Crippen LogP contribution in [0.1, 0.15) is 42.3 Å². The zero-order valence-electron chi connectivity index (χ0n) is 21.9. The Morgan fingerprint density at radius 2 is 1.59 bits per heavy atom. The summed E-state index contributed by atoms with van der Waals surface area (Å²) in [6, 6.07) is 16.8. The van der Waals surface area contributed by atoms with Gasteiger partial charge in [0.2, 0.25) is 0 Å². The fraction of sp³-hybridized carbons (Fsp3) is 0.250. The van der Waals surface area contributed by atoms with Crippen LogP contribution in [0.4, 0.5) is 17.1 Å². The van der Waals surface area contributed by atoms with Gasteiger partial charge in [0, 0.05) is 26.5 Å². The molecule has 0 aliphatic rings. The van der Waals surface area contributed by atoms with Crippen LogP contribution in [0.3, 0.4) is 0 Å². The Morgan fingerprint density at radius 3 is 2.12 bits per heavy atom. The predicted molar refractivity (Wildman–Crippen MR) is 153 cm³/mol. The molecular formula is C28H22ClF4N5OS2. The third-order valence-corrected chi connectivity index (χ3v) is 7.72. The van der Waals surface area contributed by atoms with Crippen LogP contribution in [0.25, 0.3) is 11.0 Å². The highest BCUT2D eigenvalue weighted by Crippen LogP contribution is 2.40. The number of fused-ring (bicyclic) bond motifs is 1. The Morgan fingerprint density at radius 1 is 1.00 bits per heavy atom. The highest BCUT2D eigenvalue weighted by molar-refractivity contribution is 7.94. The highest BCUT2D eigenvalue weighted by atomic mass is 35.5. The van der Waals surface area contributed by atoms with Crippen molar-refractivity contribution in [3.05, 3.63) is 88.4 Å². The van der Waals surface area contributed by atoms with E-state index in [1.807, 2.05) is 0 Å². The van der Waals surface area contributed by atoms with Crippen molar-refractivity contribution in [2.24, 2.45) is 5.41 Å². The van der Waals surface area contributed by atoms with Crippen LogP contribution in [0.2, 0.25) is 5.02 Å². The van der Waals surface area contributed by atoms with E-state index in [4.69, 9.17) is 23.8 Å². The first-order chi connectivity index (χ1) is 19.2. The molecule has 0 saturated heterocycles. The van der Waals surface area contributed by atoms with Gasteiger partial charge in [-0.1, -0.05) is 56.7 Å². The number of carbonyl (C=O) groups is 1. The second-order valence-electron chi connectivity index (χ2n) is 10.2. The van der Waals surface area contributed by atoms with Crippen molar-refractivity contribution in [2.75, 3.05) is 0 Å². The van der Waals surface area contributed by atoms with E-state index in [1.165, 1.54) is 29.1 Å². The third kappa shape index (κ3) is 6.07. The lowest BCUT2D eigenvalue weighted by Crippen LogP contribution is -2.62. The number of rotatable bonds is 6. The molecule has 1 atom stereocenters. The Balaban J connectivity index is 1.90. The van der Waals surface area contributed by atoms with Gasteiger partial charge < -0.3 is 0 Å². The van der Waals surface area contributed by atoms with E-state index >= 15 is 0 Å². The molecule has 6 nitrogen and oxygen atoms in total. The number of alkyl halides is 3. The molecule has 41 heavy (non-hydrogen) atoms. The van der Waals surface area contributed by atoms with Crippen LogP contribution in [0, 0.1) is 16.7 Å². The van der Waals surface area contributed by atoms with Crippen LogP contribution in [0.5, 0.6) is 0 Å². The number of nitrogens with zero attached hydrogens (tertiary/aromatic N) is 5. The van der Waals surface area contributed by atoms with Gasteiger partial charge in [0.25, 0.3) is 5.91 Å². The average Bonchev–Trinajstić information content (AvgIpc) is 3.32. The molecule has 1 unspecified atom stereocenters. The highest BCUT2D eigenvalue weighted by Gasteiger charge is 2.52. The molecule has 212 valence electrons. The molecule has 0 bridgehead atoms. The average molecular weight is 620 g/mol. The summed E-state index contributed by atoms with van der Waals surface area (Å²) < 4.78 is 52.8. The van der Waals surface area contributed by atoms with Crippen molar-refractivity contribution in [3.63, 3.8) is 0 Å². The number of aromatic nitrogens is 3. The number of benzene rings is 3. The first-order valence-corrected chi connectivity index (χ1v) is 13.6. The molecule has 4 aromatic rings. The van der Waals surface area contributed by atoms with Crippen molar-refractivity contribution < 1.29 is 21.9 Å². The Hall–Kier alpha value is -3.53. The molecule has 1 heterocycles. The molecule has 0 aliphatic carbocycles. The molecule has 0 radical (unpaired) electrons. The molecule has 0 spiro atoms. The van der Waals surface area contributed by atoms with Gasteiger partial charge in [-0.2, -0.15) is 37.3 Å². The monoisotopic (exact) mass is 619 g/mol. The molecule has 0 N–H and O–H groups in total. The van der Waals surface area contributed by atoms with E-state index in [-0.39, 0.29) is 39.7 Å². The van der Waals surface area contributed by atoms with Crippen molar-refractivity contribution in [1.82, 2.24) is 19.9 Å². The summed E-state index contributed by atoms with van der Waals surface area (Å²) >= 11 is 11.8. The van der Waals surface area contributed by atoms with E-state index < -0.39 is 28.6 Å². The minimum absolute atomic E-state index is 0.00112. The van der Waals surface area contributed by atoms with E-state index in [2.05, 4.69) is 16.3 Å². The summed E-state index contributed by atoms with van der Waals surface area (Å²) in [6.07, 6.45) is -4.58. The number of halogens is 5. The number of carbonyl (C=O) groups excluding carboxylic acids is 1. The summed E-state index contributed by atoms with van der Waals surface area (Å²) in [5.41, 5.74) is -2.48. The second-order valence-corrected chi connectivity index (χ2v) is 11.7. The quantitative estimate of drug-likeness (QED) is 0.161. The van der Waals surface area contributed by atoms with Crippen LogP contribution in [-0.4, -0.2) is 36.3 Å². The van der Waals surface area contributed by atoms with Crippen LogP contribution >= 0.6 is 36.0 Å². The zero-order chi connectivity index (χ0) is 30.2. The summed E-state index contributed by atoms with van der Waals surface area (Å²) in [7, 11) is 0.